The number of carbonyl (C=O) groups is 1. The van der Waals surface area contributed by atoms with Crippen LogP contribution >= 0.6 is 0 Å². The summed E-state index contributed by atoms with van der Waals surface area (Å²) in [6.45, 7) is 3.35. The molecule has 0 amide bonds. The first-order valence-electron chi connectivity index (χ1n) is 7.49. The Morgan fingerprint density at radius 3 is 2.65 bits per heavy atom. The van der Waals surface area contributed by atoms with E-state index in [1.165, 1.54) is 24.6 Å². The first-order valence-corrected chi connectivity index (χ1v) is 7.49. The molecule has 0 aromatic heterocycles. The average Bonchev–Trinajstić information content (AvgIpc) is 2.48. The fourth-order valence-electron chi connectivity index (χ4n) is 2.83. The molecule has 3 heteroatoms. The molecule has 0 unspecified atom stereocenters. The lowest BCUT2D eigenvalue weighted by Gasteiger charge is -2.31. The Kier molecular flexibility index (Phi) is 5.93. The number of hydrogen-bond donors (Lipinski definition) is 0. The van der Waals surface area contributed by atoms with Gasteiger partial charge in [0.05, 0.1) is 6.21 Å². The van der Waals surface area contributed by atoms with E-state index in [1.54, 1.807) is 7.05 Å². The molecule has 1 aliphatic rings. The van der Waals surface area contributed by atoms with Gasteiger partial charge in [0.25, 0.3) is 0 Å². The van der Waals surface area contributed by atoms with Crippen molar-refractivity contribution >= 4 is 12.0 Å². The predicted octanol–water partition coefficient (Wildman–Crippen LogP) is 2.95. The molecule has 0 atom stereocenters. The van der Waals surface area contributed by atoms with E-state index in [1.807, 2.05) is 0 Å². The van der Waals surface area contributed by atoms with E-state index in [9.17, 15) is 4.79 Å². The van der Waals surface area contributed by atoms with Gasteiger partial charge < -0.3 is 0 Å². The van der Waals surface area contributed by atoms with Crippen LogP contribution < -0.4 is 0 Å². The molecule has 0 N–H and O–H groups in total. The van der Waals surface area contributed by atoms with Crippen molar-refractivity contribution in [2.24, 2.45) is 10.9 Å². The van der Waals surface area contributed by atoms with Gasteiger partial charge in [-0.05, 0) is 43.8 Å². The number of rotatable bonds is 6. The van der Waals surface area contributed by atoms with Crippen LogP contribution in [0.2, 0.25) is 0 Å². The molecule has 0 bridgehead atoms. The number of Topliss-reactive ketones (excluding diaryl/α,β-unsaturated/α-hetero) is 1. The lowest BCUT2D eigenvalue weighted by Crippen LogP contribution is -2.33. The summed E-state index contributed by atoms with van der Waals surface area (Å²) in [5.74, 6) is 0.871. The molecule has 2 rings (SSSR count). The van der Waals surface area contributed by atoms with Gasteiger partial charge in [-0.25, -0.2) is 0 Å². The minimum atomic E-state index is 0.166. The first-order chi connectivity index (χ1) is 9.78. The summed E-state index contributed by atoms with van der Waals surface area (Å²) in [4.78, 5) is 17.7. The van der Waals surface area contributed by atoms with Gasteiger partial charge in [0.15, 0.2) is 5.78 Å². The third kappa shape index (κ3) is 4.89. The van der Waals surface area contributed by atoms with Crippen LogP contribution in [0.5, 0.6) is 0 Å². The predicted molar refractivity (Wildman–Crippen MR) is 83.1 cm³/mol. The fraction of sp³-hybridized carbons (Fsp3) is 0.529. The van der Waals surface area contributed by atoms with Crippen molar-refractivity contribution in [3.63, 3.8) is 0 Å². The monoisotopic (exact) mass is 272 g/mol. The minimum absolute atomic E-state index is 0.166. The zero-order chi connectivity index (χ0) is 14.2. The molecule has 1 fully saturated rings. The van der Waals surface area contributed by atoms with E-state index in [4.69, 9.17) is 0 Å². The molecular formula is C17H24N2O. The number of carbonyl (C=O) groups excluding carboxylic acids is 1. The number of benzene rings is 1. The van der Waals surface area contributed by atoms with E-state index in [-0.39, 0.29) is 5.78 Å². The lowest BCUT2D eigenvalue weighted by molar-refractivity contribution is -0.112. The number of aliphatic imine (C=N–C) groups is 1. The van der Waals surface area contributed by atoms with Crippen LogP contribution in [0.4, 0.5) is 0 Å². The molecule has 0 aliphatic carbocycles. The number of likely N-dealkylation sites (tertiary alicyclic amines) is 1. The van der Waals surface area contributed by atoms with Crippen molar-refractivity contribution in [1.82, 2.24) is 4.90 Å². The van der Waals surface area contributed by atoms with Crippen molar-refractivity contribution in [2.45, 2.75) is 32.2 Å². The maximum absolute atomic E-state index is 11.4. The summed E-state index contributed by atoms with van der Waals surface area (Å²) >= 11 is 0. The Hall–Kier alpha value is -1.48. The Bertz CT molecular complexity index is 434. The van der Waals surface area contributed by atoms with Crippen LogP contribution in [0, 0.1) is 5.92 Å². The van der Waals surface area contributed by atoms with Crippen LogP contribution in [0.25, 0.3) is 0 Å². The third-order valence-electron chi connectivity index (χ3n) is 4.03. The Morgan fingerprint density at radius 2 is 2.00 bits per heavy atom. The van der Waals surface area contributed by atoms with Gasteiger partial charge >= 0.3 is 0 Å². The van der Waals surface area contributed by atoms with Gasteiger partial charge in [-0.3, -0.25) is 14.7 Å². The highest BCUT2D eigenvalue weighted by Gasteiger charge is 2.19. The molecule has 1 aromatic carbocycles. The second kappa shape index (κ2) is 7.95. The molecular weight excluding hydrogens is 248 g/mol. The van der Waals surface area contributed by atoms with Gasteiger partial charge in [0, 0.05) is 20.0 Å². The zero-order valence-corrected chi connectivity index (χ0v) is 12.3. The second-order valence-corrected chi connectivity index (χ2v) is 5.60. The molecule has 20 heavy (non-hydrogen) atoms. The van der Waals surface area contributed by atoms with Crippen molar-refractivity contribution in [2.75, 3.05) is 20.1 Å². The maximum atomic E-state index is 11.4. The SMILES string of the molecule is CN=CC(=O)CCC1CCN(Cc2ccccc2)CC1. The van der Waals surface area contributed by atoms with Crippen LogP contribution in [-0.4, -0.2) is 37.0 Å². The number of ketones is 1. The summed E-state index contributed by atoms with van der Waals surface area (Å²) in [6.07, 6.45) is 5.54. The topological polar surface area (TPSA) is 32.7 Å². The number of piperidine rings is 1. The van der Waals surface area contributed by atoms with Crippen LogP contribution in [-0.2, 0) is 11.3 Å². The van der Waals surface area contributed by atoms with Crippen molar-refractivity contribution < 1.29 is 4.79 Å². The normalized spacial score (nSPS) is 17.6. The first kappa shape index (κ1) is 14.9. The van der Waals surface area contributed by atoms with Gasteiger partial charge in [-0.2, -0.15) is 0 Å². The van der Waals surface area contributed by atoms with Gasteiger partial charge in [-0.15, -0.1) is 0 Å². The molecule has 1 saturated heterocycles. The molecule has 108 valence electrons. The molecule has 1 heterocycles. The Morgan fingerprint density at radius 1 is 1.30 bits per heavy atom. The van der Waals surface area contributed by atoms with Crippen molar-refractivity contribution in [3.8, 4) is 0 Å². The highest BCUT2D eigenvalue weighted by molar-refractivity contribution is 6.27. The molecule has 3 nitrogen and oxygen atoms in total. The highest BCUT2D eigenvalue weighted by Crippen LogP contribution is 2.23. The minimum Gasteiger partial charge on any atom is -0.299 e. The third-order valence-corrected chi connectivity index (χ3v) is 4.03. The van der Waals surface area contributed by atoms with Crippen LogP contribution in [0.1, 0.15) is 31.2 Å². The van der Waals surface area contributed by atoms with E-state index in [2.05, 4.69) is 40.2 Å². The lowest BCUT2D eigenvalue weighted by atomic mass is 9.91. The molecule has 1 aliphatic heterocycles. The van der Waals surface area contributed by atoms with Crippen LogP contribution in [0.3, 0.4) is 0 Å². The molecule has 0 saturated carbocycles. The number of hydrogen-bond acceptors (Lipinski definition) is 3. The van der Waals surface area contributed by atoms with Crippen LogP contribution in [0.15, 0.2) is 35.3 Å². The largest absolute Gasteiger partial charge is 0.299 e. The number of nitrogens with zero attached hydrogens (tertiary/aromatic N) is 2. The van der Waals surface area contributed by atoms with E-state index in [0.29, 0.717) is 12.3 Å². The smallest absolute Gasteiger partial charge is 0.173 e. The second-order valence-electron chi connectivity index (χ2n) is 5.60. The van der Waals surface area contributed by atoms with Gasteiger partial charge in [0.1, 0.15) is 0 Å². The Labute approximate surface area is 121 Å². The van der Waals surface area contributed by atoms with E-state index < -0.39 is 0 Å². The standard InChI is InChI=1S/C17H24N2O/c1-18-13-17(20)8-7-15-9-11-19(12-10-15)14-16-5-3-2-4-6-16/h2-6,13,15H,7-12,14H2,1H3. The summed E-state index contributed by atoms with van der Waals surface area (Å²) in [6, 6.07) is 10.6. The maximum Gasteiger partial charge on any atom is 0.173 e. The summed E-state index contributed by atoms with van der Waals surface area (Å²) in [7, 11) is 1.65. The quantitative estimate of drug-likeness (QED) is 0.746. The molecule has 0 spiro atoms. The fourth-order valence-corrected chi connectivity index (χ4v) is 2.83. The van der Waals surface area contributed by atoms with Crippen molar-refractivity contribution in [1.29, 1.82) is 0 Å². The summed E-state index contributed by atoms with van der Waals surface area (Å²) in [5, 5.41) is 0. The van der Waals surface area contributed by atoms with Gasteiger partial charge in [-0.1, -0.05) is 30.3 Å². The molecule has 1 aromatic rings. The average molecular weight is 272 g/mol. The van der Waals surface area contributed by atoms with E-state index >= 15 is 0 Å². The van der Waals surface area contributed by atoms with E-state index in [0.717, 1.165) is 26.1 Å². The molecule has 0 radical (unpaired) electrons. The summed E-state index contributed by atoms with van der Waals surface area (Å²) < 4.78 is 0. The van der Waals surface area contributed by atoms with Crippen molar-refractivity contribution in [3.05, 3.63) is 35.9 Å². The zero-order valence-electron chi connectivity index (χ0n) is 12.3. The summed E-state index contributed by atoms with van der Waals surface area (Å²) in [5.41, 5.74) is 1.39. The van der Waals surface area contributed by atoms with Gasteiger partial charge in [0.2, 0.25) is 0 Å². The Balaban J connectivity index is 1.69. The highest BCUT2D eigenvalue weighted by atomic mass is 16.1.